The van der Waals surface area contributed by atoms with E-state index in [-0.39, 0.29) is 23.4 Å². The van der Waals surface area contributed by atoms with Crippen LogP contribution < -0.4 is 20.4 Å². The molecule has 3 rings (SSSR count). The molecule has 2 N–H and O–H groups in total. The minimum Gasteiger partial charge on any atom is -0.342 e. The molecule has 0 unspecified atom stereocenters. The molecule has 8 nitrogen and oxygen atoms in total. The molecule has 1 aliphatic heterocycles. The summed E-state index contributed by atoms with van der Waals surface area (Å²) in [5, 5.41) is 4.90. The second-order valence-corrected chi connectivity index (χ2v) is 8.48. The van der Waals surface area contributed by atoms with E-state index in [0.29, 0.717) is 12.1 Å². The summed E-state index contributed by atoms with van der Waals surface area (Å²) in [5.41, 5.74) is -0.0107. The number of halogens is 2. The van der Waals surface area contributed by atoms with Gasteiger partial charge in [-0.15, -0.1) is 0 Å². The third-order valence-corrected chi connectivity index (χ3v) is 6.08. The molecule has 186 valence electrons. The van der Waals surface area contributed by atoms with Crippen molar-refractivity contribution in [3.8, 4) is 0 Å². The average molecular weight is 487 g/mol. The first kappa shape index (κ1) is 25.8. The van der Waals surface area contributed by atoms with E-state index in [9.17, 15) is 28.0 Å². The van der Waals surface area contributed by atoms with Gasteiger partial charge in [0.1, 0.15) is 29.9 Å². The lowest BCUT2D eigenvalue weighted by atomic mass is 10.0. The van der Waals surface area contributed by atoms with Crippen LogP contribution in [-0.2, 0) is 19.2 Å². The number of benzene rings is 2. The number of rotatable bonds is 6. The average Bonchev–Trinajstić information content (AvgIpc) is 2.90. The summed E-state index contributed by atoms with van der Waals surface area (Å²) < 4.78 is 28.1. The number of fused-ring (bicyclic) bond motifs is 1. The van der Waals surface area contributed by atoms with E-state index < -0.39 is 47.8 Å². The van der Waals surface area contributed by atoms with E-state index in [0.717, 1.165) is 23.1 Å². The van der Waals surface area contributed by atoms with Crippen molar-refractivity contribution in [1.29, 1.82) is 0 Å². The molecule has 3 atom stereocenters. The molecule has 0 saturated carbocycles. The molecule has 0 radical (unpaired) electrons. The molecule has 0 bridgehead atoms. The molecule has 10 heteroatoms. The Balaban J connectivity index is 2.02. The smallest absolute Gasteiger partial charge is 0.252 e. The van der Waals surface area contributed by atoms with E-state index in [2.05, 4.69) is 10.6 Å². The van der Waals surface area contributed by atoms with Crippen molar-refractivity contribution in [1.82, 2.24) is 5.32 Å². The standard InChI is InChI=1S/C25H28F2N4O4/c1-5-14(2)24(34)29-22-15(3)31(16(4)32)20-12-7-6-11-19(20)30(25(22)35)13-21(33)28-23-17(26)9-8-10-18(23)27/h6-12,14-15,22H,5,13H2,1-4H3,(H,28,33)(H,29,34)/t14-,15+,22+/m1/s1. The molecule has 1 heterocycles. The molecule has 4 amide bonds. The van der Waals surface area contributed by atoms with Gasteiger partial charge in [0.25, 0.3) is 5.91 Å². The second-order valence-electron chi connectivity index (χ2n) is 8.48. The number of nitrogens with one attached hydrogen (secondary N) is 2. The van der Waals surface area contributed by atoms with Crippen molar-refractivity contribution in [2.75, 3.05) is 21.7 Å². The highest BCUT2D eigenvalue weighted by Crippen LogP contribution is 2.35. The van der Waals surface area contributed by atoms with E-state index in [1.807, 2.05) is 6.92 Å². The first-order chi connectivity index (χ1) is 16.6. The first-order valence-electron chi connectivity index (χ1n) is 11.3. The Morgan fingerprint density at radius 2 is 1.63 bits per heavy atom. The lowest BCUT2D eigenvalue weighted by molar-refractivity contribution is -0.130. The van der Waals surface area contributed by atoms with Gasteiger partial charge in [-0.05, 0) is 37.6 Å². The van der Waals surface area contributed by atoms with Gasteiger partial charge in [-0.25, -0.2) is 8.78 Å². The van der Waals surface area contributed by atoms with Crippen LogP contribution in [-0.4, -0.2) is 42.3 Å². The monoisotopic (exact) mass is 486 g/mol. The number of carbonyl (C=O) groups is 4. The van der Waals surface area contributed by atoms with Gasteiger partial charge in [-0.3, -0.25) is 24.1 Å². The number of nitrogens with zero attached hydrogens (tertiary/aromatic N) is 2. The van der Waals surface area contributed by atoms with Crippen molar-refractivity contribution < 1.29 is 28.0 Å². The van der Waals surface area contributed by atoms with Crippen molar-refractivity contribution in [3.05, 3.63) is 54.1 Å². The van der Waals surface area contributed by atoms with E-state index in [1.54, 1.807) is 38.1 Å². The Labute approximate surface area is 202 Å². The minimum atomic E-state index is -1.16. The van der Waals surface area contributed by atoms with Crippen LogP contribution in [0.4, 0.5) is 25.8 Å². The highest BCUT2D eigenvalue weighted by atomic mass is 19.1. The maximum Gasteiger partial charge on any atom is 0.252 e. The first-order valence-corrected chi connectivity index (χ1v) is 11.3. The fourth-order valence-electron chi connectivity index (χ4n) is 3.98. The molecule has 0 aliphatic carbocycles. The van der Waals surface area contributed by atoms with Crippen LogP contribution in [0, 0.1) is 17.6 Å². The topological polar surface area (TPSA) is 98.8 Å². The molecule has 1 aliphatic rings. The number of hydrogen-bond acceptors (Lipinski definition) is 4. The maximum atomic E-state index is 14.0. The third kappa shape index (κ3) is 5.31. The summed E-state index contributed by atoms with van der Waals surface area (Å²) in [4.78, 5) is 54.3. The van der Waals surface area contributed by atoms with Gasteiger partial charge in [0, 0.05) is 12.8 Å². The largest absolute Gasteiger partial charge is 0.342 e. The second kappa shape index (κ2) is 10.6. The normalized spacial score (nSPS) is 18.4. The number of anilines is 3. The predicted molar refractivity (Wildman–Crippen MR) is 128 cm³/mol. The zero-order valence-electron chi connectivity index (χ0n) is 20.0. The predicted octanol–water partition coefficient (Wildman–Crippen LogP) is 3.22. The van der Waals surface area contributed by atoms with Gasteiger partial charge in [-0.2, -0.15) is 0 Å². The third-order valence-electron chi connectivity index (χ3n) is 6.08. The number of amides is 4. The van der Waals surface area contributed by atoms with E-state index >= 15 is 0 Å². The summed E-state index contributed by atoms with van der Waals surface area (Å²) in [7, 11) is 0. The Hall–Kier alpha value is -3.82. The summed E-state index contributed by atoms with van der Waals surface area (Å²) >= 11 is 0. The zero-order chi connectivity index (χ0) is 25.9. The van der Waals surface area contributed by atoms with E-state index in [4.69, 9.17) is 0 Å². The van der Waals surface area contributed by atoms with Gasteiger partial charge in [0.05, 0.1) is 17.4 Å². The van der Waals surface area contributed by atoms with Crippen LogP contribution in [0.1, 0.15) is 34.1 Å². The lowest BCUT2D eigenvalue weighted by Gasteiger charge is -2.31. The Bertz CT molecular complexity index is 1140. The molecule has 0 spiro atoms. The molecule has 35 heavy (non-hydrogen) atoms. The van der Waals surface area contributed by atoms with E-state index in [1.165, 1.54) is 11.8 Å². The Morgan fingerprint density at radius 1 is 1.03 bits per heavy atom. The van der Waals surface area contributed by atoms with Crippen LogP contribution in [0.2, 0.25) is 0 Å². The molecular weight excluding hydrogens is 458 g/mol. The van der Waals surface area contributed by atoms with Crippen LogP contribution in [0.3, 0.4) is 0 Å². The quantitative estimate of drug-likeness (QED) is 0.655. The van der Waals surface area contributed by atoms with Crippen molar-refractivity contribution in [2.24, 2.45) is 5.92 Å². The Morgan fingerprint density at radius 3 is 2.20 bits per heavy atom. The number of carbonyl (C=O) groups excluding carboxylic acids is 4. The molecule has 2 aromatic rings. The van der Waals surface area contributed by atoms with Crippen LogP contribution in [0.25, 0.3) is 0 Å². The fourth-order valence-corrected chi connectivity index (χ4v) is 3.98. The lowest BCUT2D eigenvalue weighted by Crippen LogP contribution is -2.58. The van der Waals surface area contributed by atoms with Crippen LogP contribution in [0.5, 0.6) is 0 Å². The van der Waals surface area contributed by atoms with Gasteiger partial charge >= 0.3 is 0 Å². The van der Waals surface area contributed by atoms with Crippen LogP contribution >= 0.6 is 0 Å². The van der Waals surface area contributed by atoms with Gasteiger partial charge in [0.15, 0.2) is 0 Å². The minimum absolute atomic E-state index is 0.254. The fraction of sp³-hybridized carbons (Fsp3) is 0.360. The zero-order valence-corrected chi connectivity index (χ0v) is 20.0. The number of hydrogen-bond donors (Lipinski definition) is 2. The Kier molecular flexibility index (Phi) is 7.83. The maximum absolute atomic E-state index is 14.0. The van der Waals surface area contributed by atoms with Gasteiger partial charge in [-0.1, -0.05) is 32.0 Å². The molecule has 0 saturated heterocycles. The summed E-state index contributed by atoms with van der Waals surface area (Å²) in [5.74, 6) is -4.52. The van der Waals surface area contributed by atoms with Gasteiger partial charge < -0.3 is 15.5 Å². The van der Waals surface area contributed by atoms with Crippen molar-refractivity contribution in [3.63, 3.8) is 0 Å². The molecule has 0 fully saturated rings. The SMILES string of the molecule is CC[C@@H](C)C(=O)N[C@@H]1C(=O)N(CC(=O)Nc2c(F)cccc2F)c2ccccc2N(C(C)=O)[C@H]1C. The van der Waals surface area contributed by atoms with Crippen molar-refractivity contribution >= 4 is 40.7 Å². The van der Waals surface area contributed by atoms with Crippen molar-refractivity contribution in [2.45, 2.75) is 46.2 Å². The highest BCUT2D eigenvalue weighted by Gasteiger charge is 2.42. The number of para-hydroxylation sites is 3. The molecular formula is C25H28F2N4O4. The highest BCUT2D eigenvalue weighted by molar-refractivity contribution is 6.11. The summed E-state index contributed by atoms with van der Waals surface area (Å²) in [6.45, 7) is 5.92. The summed E-state index contributed by atoms with van der Waals surface area (Å²) in [6, 6.07) is 7.72. The van der Waals surface area contributed by atoms with Gasteiger partial charge in [0.2, 0.25) is 17.7 Å². The molecule has 2 aromatic carbocycles. The van der Waals surface area contributed by atoms with Crippen LogP contribution in [0.15, 0.2) is 42.5 Å². The molecule has 0 aromatic heterocycles. The summed E-state index contributed by atoms with van der Waals surface area (Å²) in [6.07, 6.45) is 0.540.